The second-order valence-corrected chi connectivity index (χ2v) is 6.73. The lowest BCUT2D eigenvalue weighted by Gasteiger charge is -2.34. The standard InChI is InChI=1S/C16H18N4O5S/c21-15-12(8-11(9-17-15)20(23)24)16(22)18-10-13(14-2-1-7-26-14)19-3-5-25-6-4-19/h1-2,7-9,13H,3-6,10H2,(H,17,21)(H,18,22). The first-order valence-electron chi connectivity index (χ1n) is 8.07. The largest absolute Gasteiger partial charge is 0.379 e. The number of nitrogens with one attached hydrogen (secondary N) is 2. The molecular weight excluding hydrogens is 360 g/mol. The second kappa shape index (κ2) is 8.21. The number of rotatable bonds is 6. The number of nitrogens with zero attached hydrogens (tertiary/aromatic N) is 2. The molecule has 0 aliphatic carbocycles. The number of aromatic amines is 1. The molecule has 2 aromatic heterocycles. The number of morpholine rings is 1. The molecule has 1 amide bonds. The average molecular weight is 378 g/mol. The van der Waals surface area contributed by atoms with E-state index >= 15 is 0 Å². The lowest BCUT2D eigenvalue weighted by atomic mass is 10.1. The summed E-state index contributed by atoms with van der Waals surface area (Å²) in [6.07, 6.45) is 0.974. The van der Waals surface area contributed by atoms with E-state index in [2.05, 4.69) is 15.2 Å². The first-order valence-corrected chi connectivity index (χ1v) is 8.95. The first kappa shape index (κ1) is 18.2. The van der Waals surface area contributed by atoms with E-state index in [-0.39, 0.29) is 17.3 Å². The third-order valence-electron chi connectivity index (χ3n) is 4.16. The van der Waals surface area contributed by atoms with E-state index in [1.54, 1.807) is 11.3 Å². The van der Waals surface area contributed by atoms with Crippen LogP contribution in [0.4, 0.5) is 5.69 Å². The summed E-state index contributed by atoms with van der Waals surface area (Å²) in [5.74, 6) is -0.634. The van der Waals surface area contributed by atoms with Gasteiger partial charge in [0.2, 0.25) is 0 Å². The van der Waals surface area contributed by atoms with Crippen molar-refractivity contribution in [1.29, 1.82) is 0 Å². The lowest BCUT2D eigenvalue weighted by Crippen LogP contribution is -2.44. The predicted molar refractivity (Wildman–Crippen MR) is 95.5 cm³/mol. The Bertz CT molecular complexity index is 829. The van der Waals surface area contributed by atoms with Gasteiger partial charge >= 0.3 is 0 Å². The molecule has 2 aromatic rings. The van der Waals surface area contributed by atoms with Crippen molar-refractivity contribution < 1.29 is 14.5 Å². The molecule has 3 heterocycles. The van der Waals surface area contributed by atoms with Gasteiger partial charge in [-0.15, -0.1) is 11.3 Å². The van der Waals surface area contributed by atoms with Crippen molar-refractivity contribution in [2.45, 2.75) is 6.04 Å². The number of carbonyl (C=O) groups excluding carboxylic acids is 1. The van der Waals surface area contributed by atoms with Crippen molar-refractivity contribution in [3.8, 4) is 0 Å². The molecule has 1 unspecified atom stereocenters. The highest BCUT2D eigenvalue weighted by Crippen LogP contribution is 2.25. The third-order valence-corrected chi connectivity index (χ3v) is 5.13. The summed E-state index contributed by atoms with van der Waals surface area (Å²) in [7, 11) is 0. The van der Waals surface area contributed by atoms with Gasteiger partial charge in [0.1, 0.15) is 5.56 Å². The van der Waals surface area contributed by atoms with Crippen LogP contribution < -0.4 is 10.9 Å². The minimum absolute atomic E-state index is 0.0411. The van der Waals surface area contributed by atoms with E-state index in [9.17, 15) is 19.7 Å². The minimum atomic E-state index is -0.660. The van der Waals surface area contributed by atoms with Crippen LogP contribution in [0.15, 0.2) is 34.6 Å². The van der Waals surface area contributed by atoms with Crippen LogP contribution in [0.2, 0.25) is 0 Å². The van der Waals surface area contributed by atoms with Crippen molar-refractivity contribution >= 4 is 22.9 Å². The molecule has 1 atom stereocenters. The van der Waals surface area contributed by atoms with Crippen LogP contribution in [-0.2, 0) is 4.74 Å². The van der Waals surface area contributed by atoms with Crippen LogP contribution in [-0.4, -0.2) is 53.6 Å². The van der Waals surface area contributed by atoms with Crippen molar-refractivity contribution in [3.05, 3.63) is 60.7 Å². The quantitative estimate of drug-likeness (QED) is 0.575. The summed E-state index contributed by atoms with van der Waals surface area (Å²) in [6, 6.07) is 4.89. The molecule has 3 rings (SSSR count). The monoisotopic (exact) mass is 378 g/mol. The van der Waals surface area contributed by atoms with Gasteiger partial charge in [-0.1, -0.05) is 6.07 Å². The molecule has 0 radical (unpaired) electrons. The molecule has 0 bridgehead atoms. The Hall–Kier alpha value is -2.56. The molecule has 138 valence electrons. The molecule has 0 spiro atoms. The van der Waals surface area contributed by atoms with Gasteiger partial charge in [0, 0.05) is 30.6 Å². The van der Waals surface area contributed by atoms with Gasteiger partial charge in [0.25, 0.3) is 17.2 Å². The van der Waals surface area contributed by atoms with Crippen LogP contribution >= 0.6 is 11.3 Å². The number of H-pyrrole nitrogens is 1. The third kappa shape index (κ3) is 4.15. The normalized spacial score (nSPS) is 16.2. The number of aromatic nitrogens is 1. The summed E-state index contributed by atoms with van der Waals surface area (Å²) in [6.45, 7) is 3.04. The highest BCUT2D eigenvalue weighted by molar-refractivity contribution is 7.10. The van der Waals surface area contributed by atoms with Crippen LogP contribution in [0.25, 0.3) is 0 Å². The van der Waals surface area contributed by atoms with E-state index in [0.29, 0.717) is 19.8 Å². The van der Waals surface area contributed by atoms with E-state index in [4.69, 9.17) is 4.74 Å². The Kier molecular flexibility index (Phi) is 5.76. The van der Waals surface area contributed by atoms with Gasteiger partial charge in [-0.25, -0.2) is 0 Å². The van der Waals surface area contributed by atoms with Gasteiger partial charge in [-0.2, -0.15) is 0 Å². The molecule has 9 nitrogen and oxygen atoms in total. The Morgan fingerprint density at radius 3 is 2.88 bits per heavy atom. The molecule has 1 saturated heterocycles. The molecule has 0 saturated carbocycles. The van der Waals surface area contributed by atoms with Crippen LogP contribution in [0.3, 0.4) is 0 Å². The number of carbonyl (C=O) groups is 1. The predicted octanol–water partition coefficient (Wildman–Crippen LogP) is 1.15. The zero-order valence-electron chi connectivity index (χ0n) is 13.8. The van der Waals surface area contributed by atoms with E-state index < -0.39 is 16.4 Å². The molecule has 2 N–H and O–H groups in total. The van der Waals surface area contributed by atoms with Crippen molar-refractivity contribution in [1.82, 2.24) is 15.2 Å². The summed E-state index contributed by atoms with van der Waals surface area (Å²) in [5, 5.41) is 15.6. The van der Waals surface area contributed by atoms with Crippen molar-refractivity contribution in [2.24, 2.45) is 0 Å². The fraction of sp³-hybridized carbons (Fsp3) is 0.375. The number of hydrogen-bond donors (Lipinski definition) is 2. The maximum Gasteiger partial charge on any atom is 0.286 e. The molecule has 10 heteroatoms. The highest BCUT2D eigenvalue weighted by atomic mass is 32.1. The average Bonchev–Trinajstić information content (AvgIpc) is 3.17. The lowest BCUT2D eigenvalue weighted by molar-refractivity contribution is -0.385. The van der Waals surface area contributed by atoms with Gasteiger partial charge in [0.05, 0.1) is 30.4 Å². The smallest absolute Gasteiger partial charge is 0.286 e. The Labute approximate surface area is 152 Å². The minimum Gasteiger partial charge on any atom is -0.379 e. The fourth-order valence-corrected chi connectivity index (χ4v) is 3.67. The van der Waals surface area contributed by atoms with Crippen molar-refractivity contribution in [3.63, 3.8) is 0 Å². The number of hydrogen-bond acceptors (Lipinski definition) is 7. The summed E-state index contributed by atoms with van der Waals surface area (Å²) >= 11 is 1.59. The van der Waals surface area contributed by atoms with Gasteiger partial charge in [-0.3, -0.25) is 24.6 Å². The highest BCUT2D eigenvalue weighted by Gasteiger charge is 2.25. The maximum atomic E-state index is 12.4. The Morgan fingerprint density at radius 1 is 1.46 bits per heavy atom. The number of ether oxygens (including phenoxy) is 1. The molecule has 1 aliphatic heterocycles. The first-order chi connectivity index (χ1) is 12.6. The number of thiophene rings is 1. The number of nitro groups is 1. The summed E-state index contributed by atoms with van der Waals surface area (Å²) in [5.41, 5.74) is -1.27. The zero-order valence-corrected chi connectivity index (χ0v) is 14.7. The van der Waals surface area contributed by atoms with Gasteiger partial charge < -0.3 is 15.0 Å². The molecular formula is C16H18N4O5S. The molecule has 1 fully saturated rings. The van der Waals surface area contributed by atoms with E-state index in [0.717, 1.165) is 30.2 Å². The van der Waals surface area contributed by atoms with E-state index in [1.165, 1.54) is 0 Å². The van der Waals surface area contributed by atoms with Crippen molar-refractivity contribution in [2.75, 3.05) is 32.8 Å². The number of amides is 1. The van der Waals surface area contributed by atoms with E-state index in [1.807, 2.05) is 17.5 Å². The van der Waals surface area contributed by atoms with Gasteiger partial charge in [-0.05, 0) is 11.4 Å². The molecule has 26 heavy (non-hydrogen) atoms. The van der Waals surface area contributed by atoms with Crippen LogP contribution in [0.1, 0.15) is 21.3 Å². The SMILES string of the molecule is O=C(NCC(c1cccs1)N1CCOCC1)c1cc([N+](=O)[O-])c[nH]c1=O. The topological polar surface area (TPSA) is 118 Å². The van der Waals surface area contributed by atoms with Crippen LogP contribution in [0.5, 0.6) is 0 Å². The molecule has 1 aliphatic rings. The number of pyridine rings is 1. The fourth-order valence-electron chi connectivity index (χ4n) is 2.81. The maximum absolute atomic E-state index is 12.4. The zero-order chi connectivity index (χ0) is 18.5. The molecule has 0 aromatic carbocycles. The summed E-state index contributed by atoms with van der Waals surface area (Å²) in [4.78, 5) is 40.0. The Morgan fingerprint density at radius 2 is 2.23 bits per heavy atom. The summed E-state index contributed by atoms with van der Waals surface area (Å²) < 4.78 is 5.38. The second-order valence-electron chi connectivity index (χ2n) is 5.75. The Balaban J connectivity index is 1.74. The van der Waals surface area contributed by atoms with Gasteiger partial charge in [0.15, 0.2) is 0 Å². The van der Waals surface area contributed by atoms with Crippen LogP contribution in [0, 0.1) is 10.1 Å².